The van der Waals surface area contributed by atoms with Gasteiger partial charge in [-0.1, -0.05) is 6.07 Å². The van der Waals surface area contributed by atoms with Gasteiger partial charge in [-0.15, -0.1) is 11.3 Å². The average Bonchev–Trinajstić information content (AvgIpc) is 3.37. The third kappa shape index (κ3) is 4.68. The van der Waals surface area contributed by atoms with Crippen molar-refractivity contribution in [3.63, 3.8) is 0 Å². The lowest BCUT2D eigenvalue weighted by Crippen LogP contribution is -2.41. The molecule has 1 atom stereocenters. The molecule has 0 saturated carbocycles. The highest BCUT2D eigenvalue weighted by molar-refractivity contribution is 7.10. The van der Waals surface area contributed by atoms with E-state index in [4.69, 9.17) is 14.2 Å². The summed E-state index contributed by atoms with van der Waals surface area (Å²) < 4.78 is 16.1. The molecule has 178 valence electrons. The Labute approximate surface area is 201 Å². The number of benzene rings is 2. The molecule has 0 saturated heterocycles. The Morgan fingerprint density at radius 3 is 2.56 bits per heavy atom. The van der Waals surface area contributed by atoms with E-state index in [-0.39, 0.29) is 29.9 Å². The smallest absolute Gasteiger partial charge is 0.296 e. The van der Waals surface area contributed by atoms with Crippen LogP contribution < -0.4 is 19.5 Å². The molecule has 1 unspecified atom stereocenters. The van der Waals surface area contributed by atoms with Crippen molar-refractivity contribution in [2.45, 2.75) is 12.5 Å². The summed E-state index contributed by atoms with van der Waals surface area (Å²) in [6.07, 6.45) is 0.730. The molecule has 1 aromatic heterocycles. The lowest BCUT2D eigenvalue weighted by Gasteiger charge is -2.37. The molecule has 1 N–H and O–H groups in total. The summed E-state index contributed by atoms with van der Waals surface area (Å²) in [7, 11) is 4.64. The molecule has 3 aromatic rings. The van der Waals surface area contributed by atoms with Gasteiger partial charge in [0.05, 0.1) is 44.9 Å². The first-order valence-electron chi connectivity index (χ1n) is 10.6. The van der Waals surface area contributed by atoms with Crippen LogP contribution in [0.25, 0.3) is 0 Å². The summed E-state index contributed by atoms with van der Waals surface area (Å²) in [6, 6.07) is 12.2. The number of hydrogen-bond acceptors (Lipinski definition) is 8. The highest BCUT2D eigenvalue weighted by Gasteiger charge is 2.32. The summed E-state index contributed by atoms with van der Waals surface area (Å²) in [5.41, 5.74) is 2.10. The van der Waals surface area contributed by atoms with Crippen molar-refractivity contribution in [1.82, 2.24) is 4.90 Å². The maximum absolute atomic E-state index is 13.0. The molecule has 0 spiro atoms. The van der Waals surface area contributed by atoms with Gasteiger partial charge in [0.2, 0.25) is 5.91 Å². The fraction of sp³-hybridized carbons (Fsp3) is 0.292. The van der Waals surface area contributed by atoms with E-state index in [2.05, 4.69) is 10.2 Å². The molecule has 34 heavy (non-hydrogen) atoms. The molecule has 0 bridgehead atoms. The average molecular weight is 484 g/mol. The molecule has 1 aliphatic heterocycles. The van der Waals surface area contributed by atoms with Crippen LogP contribution in [0.4, 0.5) is 11.4 Å². The maximum atomic E-state index is 13.0. The molecule has 2 aromatic carbocycles. The molecular weight excluding hydrogens is 458 g/mol. The summed E-state index contributed by atoms with van der Waals surface area (Å²) in [5, 5.41) is 16.2. The van der Waals surface area contributed by atoms with E-state index < -0.39 is 4.92 Å². The minimum Gasteiger partial charge on any atom is -0.496 e. The van der Waals surface area contributed by atoms with Crippen molar-refractivity contribution >= 4 is 28.6 Å². The van der Waals surface area contributed by atoms with Crippen LogP contribution in [0.5, 0.6) is 17.2 Å². The molecule has 10 heteroatoms. The Kier molecular flexibility index (Phi) is 6.99. The summed E-state index contributed by atoms with van der Waals surface area (Å²) in [5.74, 6) is 1.31. The number of nitrogens with zero attached hydrogens (tertiary/aromatic N) is 2. The monoisotopic (exact) mass is 483 g/mol. The van der Waals surface area contributed by atoms with Crippen LogP contribution in [0.1, 0.15) is 22.0 Å². The number of nitro benzene ring substituents is 1. The highest BCUT2D eigenvalue weighted by Crippen LogP contribution is 2.42. The van der Waals surface area contributed by atoms with E-state index >= 15 is 0 Å². The van der Waals surface area contributed by atoms with Gasteiger partial charge in [-0.3, -0.25) is 19.8 Å². The van der Waals surface area contributed by atoms with E-state index in [1.807, 2.05) is 29.6 Å². The van der Waals surface area contributed by atoms with Gasteiger partial charge in [-0.05, 0) is 53.3 Å². The van der Waals surface area contributed by atoms with Crippen molar-refractivity contribution < 1.29 is 23.9 Å². The van der Waals surface area contributed by atoms with Crippen molar-refractivity contribution in [2.75, 3.05) is 39.7 Å². The minimum atomic E-state index is -0.538. The molecule has 0 fully saturated rings. The fourth-order valence-corrected chi connectivity index (χ4v) is 5.09. The van der Waals surface area contributed by atoms with Crippen molar-refractivity contribution in [2.24, 2.45) is 0 Å². The maximum Gasteiger partial charge on any atom is 0.296 e. The van der Waals surface area contributed by atoms with Gasteiger partial charge in [0.15, 0.2) is 11.5 Å². The Bertz CT molecular complexity index is 1200. The van der Waals surface area contributed by atoms with Crippen LogP contribution >= 0.6 is 11.3 Å². The predicted octanol–water partition coefficient (Wildman–Crippen LogP) is 4.27. The number of rotatable bonds is 8. The van der Waals surface area contributed by atoms with E-state index in [1.165, 1.54) is 19.2 Å². The molecule has 1 aliphatic rings. The SMILES string of the molecule is COc1ccc(NC(=O)CN2CCc3cc(OC)c(OC)cc3C2c2cccs2)c([N+](=O)[O-])c1. The van der Waals surface area contributed by atoms with E-state index in [0.29, 0.717) is 23.8 Å². The van der Waals surface area contributed by atoms with Crippen LogP contribution in [0.15, 0.2) is 47.8 Å². The van der Waals surface area contributed by atoms with Gasteiger partial charge in [0.1, 0.15) is 11.4 Å². The molecular formula is C24H25N3O6S. The fourth-order valence-electron chi connectivity index (χ4n) is 4.22. The lowest BCUT2D eigenvalue weighted by molar-refractivity contribution is -0.384. The molecule has 1 amide bonds. The molecule has 2 heterocycles. The standard InChI is InChI=1S/C24H25N3O6S/c1-31-16-6-7-18(19(12-16)27(29)30)25-23(28)14-26-9-8-15-11-20(32-2)21(33-3)13-17(15)24(26)22-5-4-10-34-22/h4-7,10-13,24H,8-9,14H2,1-3H3,(H,25,28). The van der Waals surface area contributed by atoms with E-state index in [0.717, 1.165) is 22.4 Å². The Morgan fingerprint density at radius 2 is 1.91 bits per heavy atom. The van der Waals surface area contributed by atoms with Crippen LogP contribution in [-0.2, 0) is 11.2 Å². The largest absolute Gasteiger partial charge is 0.496 e. The van der Waals surface area contributed by atoms with Crippen LogP contribution in [-0.4, -0.2) is 50.1 Å². The number of anilines is 1. The first-order valence-corrected chi connectivity index (χ1v) is 11.5. The number of nitro groups is 1. The van der Waals surface area contributed by atoms with Crippen LogP contribution in [0.3, 0.4) is 0 Å². The Morgan fingerprint density at radius 1 is 1.15 bits per heavy atom. The first-order chi connectivity index (χ1) is 16.4. The van der Waals surface area contributed by atoms with Crippen molar-refractivity contribution in [3.8, 4) is 17.2 Å². The summed E-state index contributed by atoms with van der Waals surface area (Å²) in [4.78, 5) is 27.1. The number of hydrogen-bond donors (Lipinski definition) is 1. The number of nitrogens with one attached hydrogen (secondary N) is 1. The van der Waals surface area contributed by atoms with Crippen molar-refractivity contribution in [3.05, 3.63) is 74.0 Å². The number of fused-ring (bicyclic) bond motifs is 1. The molecule has 4 rings (SSSR count). The van der Waals surface area contributed by atoms with Gasteiger partial charge >= 0.3 is 0 Å². The second-order valence-corrected chi connectivity index (χ2v) is 8.71. The van der Waals surface area contributed by atoms with Gasteiger partial charge < -0.3 is 19.5 Å². The highest BCUT2D eigenvalue weighted by atomic mass is 32.1. The summed E-state index contributed by atoms with van der Waals surface area (Å²) >= 11 is 1.61. The van der Waals surface area contributed by atoms with Gasteiger partial charge in [0, 0.05) is 11.4 Å². The normalized spacial score (nSPS) is 15.3. The Balaban J connectivity index is 1.62. The van der Waals surface area contributed by atoms with Crippen LogP contribution in [0, 0.1) is 10.1 Å². The van der Waals surface area contributed by atoms with Crippen LogP contribution in [0.2, 0.25) is 0 Å². The first kappa shape index (κ1) is 23.5. The minimum absolute atomic E-state index is 0.0690. The third-order valence-electron chi connectivity index (χ3n) is 5.81. The zero-order valence-corrected chi connectivity index (χ0v) is 19.9. The lowest BCUT2D eigenvalue weighted by atomic mass is 9.91. The van der Waals surface area contributed by atoms with Gasteiger partial charge in [-0.2, -0.15) is 0 Å². The van der Waals surface area contributed by atoms with E-state index in [9.17, 15) is 14.9 Å². The number of amides is 1. The number of methoxy groups -OCH3 is 3. The summed E-state index contributed by atoms with van der Waals surface area (Å²) in [6.45, 7) is 0.711. The third-order valence-corrected chi connectivity index (χ3v) is 6.73. The molecule has 0 aliphatic carbocycles. The number of carbonyl (C=O) groups is 1. The number of carbonyl (C=O) groups excluding carboxylic acids is 1. The Hall–Kier alpha value is -3.63. The van der Waals surface area contributed by atoms with Gasteiger partial charge in [0.25, 0.3) is 5.69 Å². The number of ether oxygens (including phenoxy) is 3. The van der Waals surface area contributed by atoms with Gasteiger partial charge in [-0.25, -0.2) is 0 Å². The second-order valence-electron chi connectivity index (χ2n) is 7.73. The molecule has 9 nitrogen and oxygen atoms in total. The molecule has 0 radical (unpaired) electrons. The predicted molar refractivity (Wildman–Crippen MR) is 129 cm³/mol. The topological polar surface area (TPSA) is 103 Å². The van der Waals surface area contributed by atoms with E-state index in [1.54, 1.807) is 31.6 Å². The number of thiophene rings is 1. The quantitative estimate of drug-likeness (QED) is 0.377. The zero-order chi connectivity index (χ0) is 24.2. The zero-order valence-electron chi connectivity index (χ0n) is 19.1. The second kappa shape index (κ2) is 10.1. The van der Waals surface area contributed by atoms with Crippen molar-refractivity contribution in [1.29, 1.82) is 0 Å².